The number of amides is 1. The molecule has 1 aromatic carbocycles. The van der Waals surface area contributed by atoms with Gasteiger partial charge in [-0.3, -0.25) is 4.90 Å². The van der Waals surface area contributed by atoms with E-state index >= 15 is 4.39 Å². The number of carbonyl (C=O) groups is 1. The highest BCUT2D eigenvalue weighted by Gasteiger charge is 2.42. The number of carbonyl (C=O) groups excluding carboxylic acids is 1. The van der Waals surface area contributed by atoms with Gasteiger partial charge in [-0.1, -0.05) is 25.5 Å². The fourth-order valence-electron chi connectivity index (χ4n) is 5.31. The molecule has 2 aliphatic heterocycles. The second-order valence-corrected chi connectivity index (χ2v) is 10.9. The van der Waals surface area contributed by atoms with Gasteiger partial charge in [0.15, 0.2) is 0 Å². The Kier molecular flexibility index (Phi) is 8.66. The minimum absolute atomic E-state index is 0.226. The molecule has 34 heavy (non-hydrogen) atoms. The van der Waals surface area contributed by atoms with Gasteiger partial charge in [-0.15, -0.1) is 0 Å². The molecule has 190 valence electrons. The first-order chi connectivity index (χ1) is 16.1. The van der Waals surface area contributed by atoms with Crippen LogP contribution >= 0.6 is 0 Å². The fraction of sp³-hybridized carbons (Fsp3) is 0.679. The number of hydrogen-bond acceptors (Lipinski definition) is 4. The minimum atomic E-state index is -0.537. The maximum absolute atomic E-state index is 15.8. The number of benzene rings is 1. The molecule has 0 unspecified atom stereocenters. The van der Waals surface area contributed by atoms with Crippen LogP contribution in [-0.4, -0.2) is 60.8 Å². The number of halogens is 1. The van der Waals surface area contributed by atoms with E-state index in [2.05, 4.69) is 18.4 Å². The molecule has 1 amide bonds. The number of allylic oxidation sites excluding steroid dienone is 1. The average molecular weight is 475 g/mol. The molecule has 5 nitrogen and oxygen atoms in total. The van der Waals surface area contributed by atoms with Crippen LogP contribution in [0.3, 0.4) is 0 Å². The third-order valence-electron chi connectivity index (χ3n) is 7.10. The second-order valence-electron chi connectivity index (χ2n) is 10.9. The molecule has 0 radical (unpaired) electrons. The Balaban J connectivity index is 1.80. The summed E-state index contributed by atoms with van der Waals surface area (Å²) in [5.74, 6) is 0.378. The number of ether oxygens (including phenoxy) is 2. The van der Waals surface area contributed by atoms with Crippen molar-refractivity contribution in [3.05, 3.63) is 41.2 Å². The van der Waals surface area contributed by atoms with Crippen LogP contribution in [0.25, 0.3) is 0 Å². The summed E-state index contributed by atoms with van der Waals surface area (Å²) in [5, 5.41) is 0. The van der Waals surface area contributed by atoms with Crippen LogP contribution in [0, 0.1) is 5.82 Å². The molecule has 6 heteroatoms. The molecular formula is C28H43FN2O3. The number of rotatable bonds is 8. The Hall–Kier alpha value is -2.08. The summed E-state index contributed by atoms with van der Waals surface area (Å²) >= 11 is 0. The van der Waals surface area contributed by atoms with Gasteiger partial charge in [-0.2, -0.15) is 0 Å². The van der Waals surface area contributed by atoms with Gasteiger partial charge < -0.3 is 14.4 Å². The number of likely N-dealkylation sites (tertiary alicyclic amines) is 2. The monoisotopic (exact) mass is 474 g/mol. The van der Waals surface area contributed by atoms with Gasteiger partial charge in [0.05, 0.1) is 0 Å². The van der Waals surface area contributed by atoms with E-state index in [1.165, 1.54) is 12.8 Å². The van der Waals surface area contributed by atoms with Gasteiger partial charge in [0.1, 0.15) is 23.8 Å². The standard InChI is InChI=1S/C28H43FN2O3/c1-7-10-22-19-23(33-18-17-30-13-8-9-14-30)20-24(29)25(22)28(21(2)3)11-15-31(16-12-28)26(32)34-27(4,5)6/h19-20H,2,7-18H2,1,3-6H3. The van der Waals surface area contributed by atoms with Crippen LogP contribution < -0.4 is 4.74 Å². The molecule has 1 aromatic rings. The van der Waals surface area contributed by atoms with Gasteiger partial charge in [0.2, 0.25) is 0 Å². The Morgan fingerprint density at radius 1 is 1.15 bits per heavy atom. The topological polar surface area (TPSA) is 42.0 Å². The van der Waals surface area contributed by atoms with Crippen LogP contribution in [0.1, 0.15) is 77.8 Å². The molecule has 0 aromatic heterocycles. The number of aryl methyl sites for hydroxylation is 1. The van der Waals surface area contributed by atoms with Crippen LogP contribution in [0.5, 0.6) is 5.75 Å². The van der Waals surface area contributed by atoms with E-state index in [0.29, 0.717) is 38.3 Å². The molecule has 0 bridgehead atoms. The summed E-state index contributed by atoms with van der Waals surface area (Å²) in [6.45, 7) is 18.7. The third-order valence-corrected chi connectivity index (χ3v) is 7.10. The summed E-state index contributed by atoms with van der Waals surface area (Å²) in [6, 6.07) is 3.57. The van der Waals surface area contributed by atoms with Gasteiger partial charge in [0, 0.05) is 36.7 Å². The lowest BCUT2D eigenvalue weighted by Gasteiger charge is -2.44. The Bertz CT molecular complexity index is 863. The first-order valence-electron chi connectivity index (χ1n) is 12.9. The van der Waals surface area contributed by atoms with Crippen LogP contribution in [-0.2, 0) is 16.6 Å². The number of hydrogen-bond donors (Lipinski definition) is 0. The summed E-state index contributed by atoms with van der Waals surface area (Å²) in [6.07, 6.45) is 5.14. The highest BCUT2D eigenvalue weighted by Crippen LogP contribution is 2.45. The molecule has 2 fully saturated rings. The van der Waals surface area contributed by atoms with Crippen molar-refractivity contribution in [2.24, 2.45) is 0 Å². The van der Waals surface area contributed by atoms with E-state index in [0.717, 1.165) is 49.2 Å². The van der Waals surface area contributed by atoms with Gasteiger partial charge in [-0.05, 0) is 84.5 Å². The van der Waals surface area contributed by atoms with Crippen molar-refractivity contribution in [1.82, 2.24) is 9.80 Å². The van der Waals surface area contributed by atoms with Crippen molar-refractivity contribution in [1.29, 1.82) is 0 Å². The first kappa shape index (κ1) is 26.5. The van der Waals surface area contributed by atoms with Crippen molar-refractivity contribution >= 4 is 6.09 Å². The van der Waals surface area contributed by atoms with Crippen molar-refractivity contribution < 1.29 is 18.7 Å². The van der Waals surface area contributed by atoms with Crippen molar-refractivity contribution in [2.75, 3.05) is 39.3 Å². The van der Waals surface area contributed by atoms with Gasteiger partial charge >= 0.3 is 6.09 Å². The predicted molar refractivity (Wildman–Crippen MR) is 135 cm³/mol. The number of piperidine rings is 1. The van der Waals surface area contributed by atoms with E-state index in [1.807, 2.05) is 33.8 Å². The lowest BCUT2D eigenvalue weighted by Crippen LogP contribution is -2.47. The van der Waals surface area contributed by atoms with E-state index in [-0.39, 0.29) is 11.9 Å². The zero-order chi connectivity index (χ0) is 24.9. The smallest absolute Gasteiger partial charge is 0.410 e. The molecule has 0 N–H and O–H groups in total. The summed E-state index contributed by atoms with van der Waals surface area (Å²) in [5.41, 5.74) is 1.63. The molecule has 2 heterocycles. The molecule has 3 rings (SSSR count). The van der Waals surface area contributed by atoms with E-state index in [4.69, 9.17) is 9.47 Å². The third kappa shape index (κ3) is 6.32. The van der Waals surface area contributed by atoms with E-state index in [9.17, 15) is 4.79 Å². The summed E-state index contributed by atoms with van der Waals surface area (Å²) < 4.78 is 27.3. The zero-order valence-electron chi connectivity index (χ0n) is 21.8. The quantitative estimate of drug-likeness (QED) is 0.427. The molecule has 0 saturated carbocycles. The minimum Gasteiger partial charge on any atom is -0.492 e. The van der Waals surface area contributed by atoms with Crippen LogP contribution in [0.15, 0.2) is 24.3 Å². The van der Waals surface area contributed by atoms with Gasteiger partial charge in [-0.25, -0.2) is 9.18 Å². The van der Waals surface area contributed by atoms with Crippen molar-refractivity contribution in [2.45, 2.75) is 84.2 Å². The highest BCUT2D eigenvalue weighted by molar-refractivity contribution is 5.68. The molecule has 2 saturated heterocycles. The van der Waals surface area contributed by atoms with Crippen molar-refractivity contribution in [3.63, 3.8) is 0 Å². The fourth-order valence-corrected chi connectivity index (χ4v) is 5.31. The first-order valence-corrected chi connectivity index (χ1v) is 12.9. The lowest BCUT2D eigenvalue weighted by atomic mass is 9.66. The van der Waals surface area contributed by atoms with Crippen LogP contribution in [0.2, 0.25) is 0 Å². The average Bonchev–Trinajstić information content (AvgIpc) is 3.26. The van der Waals surface area contributed by atoms with Crippen molar-refractivity contribution in [3.8, 4) is 5.75 Å². The molecular weight excluding hydrogens is 431 g/mol. The maximum atomic E-state index is 15.8. The Morgan fingerprint density at radius 3 is 2.35 bits per heavy atom. The molecule has 2 aliphatic rings. The Morgan fingerprint density at radius 2 is 1.79 bits per heavy atom. The van der Waals surface area contributed by atoms with E-state index < -0.39 is 11.0 Å². The summed E-state index contributed by atoms with van der Waals surface area (Å²) in [7, 11) is 0. The molecule has 0 atom stereocenters. The highest BCUT2D eigenvalue weighted by atomic mass is 19.1. The second kappa shape index (κ2) is 11.1. The summed E-state index contributed by atoms with van der Waals surface area (Å²) in [4.78, 5) is 16.7. The number of nitrogens with zero attached hydrogens (tertiary/aromatic N) is 2. The largest absolute Gasteiger partial charge is 0.492 e. The predicted octanol–water partition coefficient (Wildman–Crippen LogP) is 6.10. The zero-order valence-corrected chi connectivity index (χ0v) is 21.8. The normalized spacial score (nSPS) is 18.7. The SMILES string of the molecule is C=C(C)C1(c2c(F)cc(OCCN3CCCC3)cc2CCC)CCN(C(=O)OC(C)(C)C)CC1. The van der Waals surface area contributed by atoms with E-state index in [1.54, 1.807) is 11.0 Å². The lowest BCUT2D eigenvalue weighted by molar-refractivity contribution is 0.0177. The Labute approximate surface area is 205 Å². The molecule has 0 aliphatic carbocycles. The molecule has 0 spiro atoms. The van der Waals surface area contributed by atoms with Gasteiger partial charge in [0.25, 0.3) is 0 Å². The maximum Gasteiger partial charge on any atom is 0.410 e. The van der Waals surface area contributed by atoms with Crippen LogP contribution in [0.4, 0.5) is 9.18 Å².